The van der Waals surface area contributed by atoms with Crippen LogP contribution in [0.1, 0.15) is 27.5 Å². The quantitative estimate of drug-likeness (QED) is 0.215. The summed E-state index contributed by atoms with van der Waals surface area (Å²) in [6.45, 7) is 0. The molecule has 0 radical (unpaired) electrons. The SMILES string of the molecule is Nc1ccc(C2C(=C(O)c3ccccc3)C(=O)C(=O)N2c2ccc(O)c(C(=O)O)c2)cc1. The third kappa shape index (κ3) is 3.43. The van der Waals surface area contributed by atoms with E-state index < -0.39 is 35.0 Å². The van der Waals surface area contributed by atoms with Gasteiger partial charge in [-0.05, 0) is 35.9 Å². The van der Waals surface area contributed by atoms with Crippen molar-refractivity contribution >= 4 is 34.8 Å². The van der Waals surface area contributed by atoms with Crippen LogP contribution in [0.2, 0.25) is 0 Å². The molecule has 5 N–H and O–H groups in total. The molecule has 1 aliphatic heterocycles. The first-order chi connectivity index (χ1) is 15.3. The van der Waals surface area contributed by atoms with Crippen LogP contribution in [0.15, 0.2) is 78.4 Å². The van der Waals surface area contributed by atoms with E-state index in [9.17, 15) is 29.7 Å². The summed E-state index contributed by atoms with van der Waals surface area (Å²) in [6.07, 6.45) is 0. The second-order valence-corrected chi connectivity index (χ2v) is 7.21. The van der Waals surface area contributed by atoms with Gasteiger partial charge in [0.05, 0.1) is 11.6 Å². The van der Waals surface area contributed by atoms with Crippen LogP contribution >= 0.6 is 0 Å². The third-order valence-corrected chi connectivity index (χ3v) is 5.23. The second kappa shape index (κ2) is 7.92. The van der Waals surface area contributed by atoms with E-state index in [1.807, 2.05) is 0 Å². The van der Waals surface area contributed by atoms with Crippen LogP contribution in [0.4, 0.5) is 11.4 Å². The molecule has 4 rings (SSSR count). The van der Waals surface area contributed by atoms with Gasteiger partial charge in [0.1, 0.15) is 17.1 Å². The number of nitrogens with zero attached hydrogens (tertiary/aromatic N) is 1. The number of aromatic carboxylic acids is 1. The molecule has 1 amide bonds. The van der Waals surface area contributed by atoms with Crippen LogP contribution in [0.3, 0.4) is 0 Å². The fourth-order valence-electron chi connectivity index (χ4n) is 3.69. The Labute approximate surface area is 182 Å². The highest BCUT2D eigenvalue weighted by atomic mass is 16.4. The Hall–Kier alpha value is -4.59. The molecule has 0 bridgehead atoms. The van der Waals surface area contributed by atoms with E-state index in [-0.39, 0.29) is 17.0 Å². The Morgan fingerprint density at radius 3 is 2.19 bits per heavy atom. The van der Waals surface area contributed by atoms with E-state index in [2.05, 4.69) is 0 Å². The first-order valence-corrected chi connectivity index (χ1v) is 9.57. The van der Waals surface area contributed by atoms with Crippen LogP contribution in [0.25, 0.3) is 5.76 Å². The number of hydrogen-bond donors (Lipinski definition) is 4. The number of ketones is 1. The molecule has 8 heteroatoms. The van der Waals surface area contributed by atoms with Gasteiger partial charge in [0, 0.05) is 16.9 Å². The molecule has 1 aliphatic rings. The summed E-state index contributed by atoms with van der Waals surface area (Å²) in [5.41, 5.74) is 6.59. The Morgan fingerprint density at radius 2 is 1.56 bits per heavy atom. The normalized spacial score (nSPS) is 17.5. The number of benzene rings is 3. The number of hydrogen-bond acceptors (Lipinski definition) is 6. The van der Waals surface area contributed by atoms with E-state index in [0.717, 1.165) is 17.0 Å². The van der Waals surface area contributed by atoms with Crippen LogP contribution in [0, 0.1) is 0 Å². The van der Waals surface area contributed by atoms with E-state index in [1.54, 1.807) is 54.6 Å². The highest BCUT2D eigenvalue weighted by Gasteiger charge is 2.47. The average Bonchev–Trinajstić information content (AvgIpc) is 3.05. The number of Topliss-reactive ketones (excluding diaryl/α,β-unsaturated/α-hetero) is 1. The van der Waals surface area contributed by atoms with Gasteiger partial charge in [0.2, 0.25) is 0 Å². The molecule has 3 aromatic rings. The summed E-state index contributed by atoms with van der Waals surface area (Å²) in [6, 6.07) is 17.3. The van der Waals surface area contributed by atoms with Crippen molar-refractivity contribution < 1.29 is 29.7 Å². The first kappa shape index (κ1) is 20.7. The maximum Gasteiger partial charge on any atom is 0.339 e. The molecular weight excluding hydrogens is 412 g/mol. The van der Waals surface area contributed by atoms with Crippen molar-refractivity contribution in [3.05, 3.63) is 95.1 Å². The number of phenols is 1. The molecule has 0 spiro atoms. The van der Waals surface area contributed by atoms with Crippen molar-refractivity contribution in [2.45, 2.75) is 6.04 Å². The minimum Gasteiger partial charge on any atom is -0.507 e. The number of nitrogens with two attached hydrogens (primary N) is 1. The smallest absolute Gasteiger partial charge is 0.339 e. The van der Waals surface area contributed by atoms with E-state index in [1.165, 1.54) is 6.07 Å². The number of carbonyl (C=O) groups excluding carboxylic acids is 2. The minimum atomic E-state index is -1.39. The molecule has 0 aliphatic carbocycles. The number of nitrogen functional groups attached to an aromatic ring is 1. The Balaban J connectivity index is 1.96. The van der Waals surface area contributed by atoms with Crippen LogP contribution < -0.4 is 10.6 Å². The summed E-state index contributed by atoms with van der Waals surface area (Å²) in [5.74, 6) is -4.09. The van der Waals surface area contributed by atoms with Crippen molar-refractivity contribution in [3.8, 4) is 5.75 Å². The predicted octanol–water partition coefficient (Wildman–Crippen LogP) is 3.30. The molecule has 0 aromatic heterocycles. The number of rotatable bonds is 4. The number of carboxylic acid groups (broad SMARTS) is 1. The second-order valence-electron chi connectivity index (χ2n) is 7.21. The Morgan fingerprint density at radius 1 is 0.906 bits per heavy atom. The van der Waals surface area contributed by atoms with Crippen molar-refractivity contribution in [1.29, 1.82) is 0 Å². The van der Waals surface area contributed by atoms with Crippen LogP contribution in [0.5, 0.6) is 5.75 Å². The monoisotopic (exact) mass is 430 g/mol. The summed E-state index contributed by atoms with van der Waals surface area (Å²) in [5, 5.41) is 30.2. The zero-order valence-corrected chi connectivity index (χ0v) is 16.6. The summed E-state index contributed by atoms with van der Waals surface area (Å²) < 4.78 is 0. The maximum absolute atomic E-state index is 13.1. The predicted molar refractivity (Wildman–Crippen MR) is 117 cm³/mol. The molecule has 1 atom stereocenters. The molecule has 160 valence electrons. The zero-order chi connectivity index (χ0) is 23.0. The van der Waals surface area contributed by atoms with Gasteiger partial charge in [-0.3, -0.25) is 14.5 Å². The molecular formula is C24H18N2O6. The Kier molecular flexibility index (Phi) is 5.11. The van der Waals surface area contributed by atoms with Crippen LogP contribution in [-0.4, -0.2) is 33.0 Å². The van der Waals surface area contributed by atoms with Gasteiger partial charge < -0.3 is 21.1 Å². The first-order valence-electron chi connectivity index (χ1n) is 9.57. The van der Waals surface area contributed by atoms with E-state index in [4.69, 9.17) is 5.73 Å². The highest BCUT2D eigenvalue weighted by molar-refractivity contribution is 6.51. The Bertz CT molecular complexity index is 1270. The summed E-state index contributed by atoms with van der Waals surface area (Å²) in [4.78, 5) is 38.7. The standard InChI is InChI=1S/C24H18N2O6/c25-15-8-6-13(7-9-15)20-19(21(28)14-4-2-1-3-5-14)22(29)23(30)26(20)16-10-11-18(27)17(12-16)24(31)32/h1-12,20,27-28H,25H2,(H,31,32). The van der Waals surface area contributed by atoms with Crippen molar-refractivity contribution in [2.24, 2.45) is 0 Å². The molecule has 32 heavy (non-hydrogen) atoms. The molecule has 1 heterocycles. The fraction of sp³-hybridized carbons (Fsp3) is 0.0417. The highest BCUT2D eigenvalue weighted by Crippen LogP contribution is 2.43. The number of amides is 1. The number of aromatic hydroxyl groups is 1. The lowest BCUT2D eigenvalue weighted by Crippen LogP contribution is -2.29. The van der Waals surface area contributed by atoms with Crippen molar-refractivity contribution in [2.75, 3.05) is 10.6 Å². The van der Waals surface area contributed by atoms with Gasteiger partial charge in [-0.1, -0.05) is 42.5 Å². The molecule has 3 aromatic carbocycles. The number of aliphatic hydroxyl groups excluding tert-OH is 1. The number of anilines is 2. The lowest BCUT2D eigenvalue weighted by atomic mass is 9.95. The van der Waals surface area contributed by atoms with Crippen molar-refractivity contribution in [1.82, 2.24) is 0 Å². The lowest BCUT2D eigenvalue weighted by Gasteiger charge is -2.26. The average molecular weight is 430 g/mol. The van der Waals surface area contributed by atoms with Crippen molar-refractivity contribution in [3.63, 3.8) is 0 Å². The third-order valence-electron chi connectivity index (χ3n) is 5.23. The molecule has 0 saturated carbocycles. The van der Waals surface area contributed by atoms with Crippen LogP contribution in [-0.2, 0) is 9.59 Å². The van der Waals surface area contributed by atoms with Gasteiger partial charge in [-0.15, -0.1) is 0 Å². The lowest BCUT2D eigenvalue weighted by molar-refractivity contribution is -0.132. The van der Waals surface area contributed by atoms with E-state index in [0.29, 0.717) is 16.8 Å². The minimum absolute atomic E-state index is 0.0798. The van der Waals surface area contributed by atoms with Gasteiger partial charge in [0.25, 0.3) is 11.7 Å². The summed E-state index contributed by atoms with van der Waals surface area (Å²) >= 11 is 0. The van der Waals surface area contributed by atoms with Gasteiger partial charge in [-0.25, -0.2) is 4.79 Å². The topological polar surface area (TPSA) is 141 Å². The zero-order valence-electron chi connectivity index (χ0n) is 16.6. The largest absolute Gasteiger partial charge is 0.507 e. The fourth-order valence-corrected chi connectivity index (χ4v) is 3.69. The van der Waals surface area contributed by atoms with Gasteiger partial charge in [0.15, 0.2) is 0 Å². The summed E-state index contributed by atoms with van der Waals surface area (Å²) in [7, 11) is 0. The van der Waals surface area contributed by atoms with Gasteiger partial charge >= 0.3 is 5.97 Å². The molecule has 8 nitrogen and oxygen atoms in total. The molecule has 1 unspecified atom stereocenters. The number of aliphatic hydroxyl groups is 1. The van der Waals surface area contributed by atoms with E-state index >= 15 is 0 Å². The number of carbonyl (C=O) groups is 3. The maximum atomic E-state index is 13.1. The molecule has 1 fully saturated rings. The number of carboxylic acids is 1. The van der Waals surface area contributed by atoms with Gasteiger partial charge in [-0.2, -0.15) is 0 Å². The molecule has 1 saturated heterocycles.